The molecule has 0 spiro atoms. The van der Waals surface area contributed by atoms with E-state index in [0.717, 1.165) is 25.9 Å². The van der Waals surface area contributed by atoms with Gasteiger partial charge in [-0.3, -0.25) is 4.79 Å². The largest absolute Gasteiger partial charge is 0.356 e. The lowest BCUT2D eigenvalue weighted by molar-refractivity contribution is -0.131. The van der Waals surface area contributed by atoms with E-state index in [4.69, 9.17) is 9.47 Å². The van der Waals surface area contributed by atoms with Gasteiger partial charge in [-0.25, -0.2) is 0 Å². The number of methoxy groups -OCH3 is 2. The van der Waals surface area contributed by atoms with Crippen molar-refractivity contribution in [2.24, 2.45) is 0 Å². The summed E-state index contributed by atoms with van der Waals surface area (Å²) in [5.74, 6) is 0.256. The van der Waals surface area contributed by atoms with Gasteiger partial charge < -0.3 is 14.4 Å². The molecule has 13 heavy (non-hydrogen) atoms. The summed E-state index contributed by atoms with van der Waals surface area (Å²) in [5, 5.41) is 0. The molecule has 0 aromatic heterocycles. The van der Waals surface area contributed by atoms with Crippen LogP contribution in [0.3, 0.4) is 0 Å². The second kappa shape index (κ2) is 5.19. The Hall–Kier alpha value is -0.610. The van der Waals surface area contributed by atoms with E-state index in [1.807, 2.05) is 4.90 Å². The number of ether oxygens (including phenoxy) is 2. The average Bonchev–Trinajstić information content (AvgIpc) is 2.54. The summed E-state index contributed by atoms with van der Waals surface area (Å²) in [6.07, 6.45) is 2.25. The summed E-state index contributed by atoms with van der Waals surface area (Å²) in [7, 11) is 3.22. The van der Waals surface area contributed by atoms with Crippen LogP contribution in [0.4, 0.5) is 0 Å². The highest BCUT2D eigenvalue weighted by atomic mass is 16.7. The molecule has 0 atom stereocenters. The van der Waals surface area contributed by atoms with Crippen LogP contribution in [0.25, 0.3) is 0 Å². The zero-order valence-electron chi connectivity index (χ0n) is 8.28. The number of nitrogens with zero attached hydrogens (tertiary/aromatic N) is 1. The van der Waals surface area contributed by atoms with Gasteiger partial charge >= 0.3 is 0 Å². The van der Waals surface area contributed by atoms with Crippen molar-refractivity contribution < 1.29 is 14.3 Å². The summed E-state index contributed by atoms with van der Waals surface area (Å²) in [5.41, 5.74) is 0. The molecule has 1 fully saturated rings. The van der Waals surface area contributed by atoms with Gasteiger partial charge in [0.15, 0.2) is 6.29 Å². The van der Waals surface area contributed by atoms with E-state index in [-0.39, 0.29) is 12.2 Å². The maximum absolute atomic E-state index is 11.2. The van der Waals surface area contributed by atoms with Crippen LogP contribution < -0.4 is 0 Å². The standard InChI is InChI=1S/C9H17NO3/c1-12-9(13-2)5-7-10-6-3-4-8(10)11/h9H,3-7H2,1-2H3. The van der Waals surface area contributed by atoms with Gasteiger partial charge in [-0.15, -0.1) is 0 Å². The third-order valence-electron chi connectivity index (χ3n) is 2.33. The Morgan fingerprint density at radius 2 is 2.15 bits per heavy atom. The molecule has 1 aliphatic rings. The van der Waals surface area contributed by atoms with Crippen molar-refractivity contribution in [2.45, 2.75) is 25.6 Å². The fourth-order valence-corrected chi connectivity index (χ4v) is 1.53. The van der Waals surface area contributed by atoms with E-state index < -0.39 is 0 Å². The molecule has 1 saturated heterocycles. The lowest BCUT2D eigenvalue weighted by Crippen LogP contribution is -2.29. The first-order valence-electron chi connectivity index (χ1n) is 4.61. The minimum Gasteiger partial charge on any atom is -0.356 e. The molecule has 1 aliphatic heterocycles. The second-order valence-electron chi connectivity index (χ2n) is 3.17. The third kappa shape index (κ3) is 2.97. The lowest BCUT2D eigenvalue weighted by atomic mass is 10.4. The minimum absolute atomic E-state index is 0.187. The normalized spacial score (nSPS) is 17.5. The molecular formula is C9H17NO3. The molecule has 0 unspecified atom stereocenters. The summed E-state index contributed by atoms with van der Waals surface area (Å²) in [6, 6.07) is 0. The Labute approximate surface area is 78.8 Å². The van der Waals surface area contributed by atoms with Crippen LogP contribution >= 0.6 is 0 Å². The van der Waals surface area contributed by atoms with Crippen LogP contribution in [0.15, 0.2) is 0 Å². The lowest BCUT2D eigenvalue weighted by Gasteiger charge is -2.19. The molecule has 1 rings (SSSR count). The molecule has 1 heterocycles. The summed E-state index contributed by atoms with van der Waals surface area (Å²) in [4.78, 5) is 13.1. The van der Waals surface area contributed by atoms with Gasteiger partial charge in [0.25, 0.3) is 0 Å². The van der Waals surface area contributed by atoms with Crippen molar-refractivity contribution >= 4 is 5.91 Å². The molecule has 0 radical (unpaired) electrons. The molecule has 76 valence electrons. The number of likely N-dealkylation sites (tertiary alicyclic amines) is 1. The number of hydrogen-bond acceptors (Lipinski definition) is 3. The van der Waals surface area contributed by atoms with E-state index in [2.05, 4.69) is 0 Å². The predicted molar refractivity (Wildman–Crippen MR) is 48.2 cm³/mol. The molecule has 0 aliphatic carbocycles. The fourth-order valence-electron chi connectivity index (χ4n) is 1.53. The second-order valence-corrected chi connectivity index (χ2v) is 3.17. The highest BCUT2D eigenvalue weighted by Crippen LogP contribution is 2.11. The third-order valence-corrected chi connectivity index (χ3v) is 2.33. The van der Waals surface area contributed by atoms with Crippen LogP contribution in [0.1, 0.15) is 19.3 Å². The quantitative estimate of drug-likeness (QED) is 0.592. The molecule has 0 aromatic carbocycles. The van der Waals surface area contributed by atoms with Crippen molar-refractivity contribution in [3.63, 3.8) is 0 Å². The predicted octanol–water partition coefficient (Wildman–Crippen LogP) is 0.618. The van der Waals surface area contributed by atoms with Crippen molar-refractivity contribution in [3.05, 3.63) is 0 Å². The SMILES string of the molecule is COC(CCN1CCCC1=O)OC. The van der Waals surface area contributed by atoms with E-state index in [9.17, 15) is 4.79 Å². The zero-order chi connectivity index (χ0) is 9.68. The van der Waals surface area contributed by atoms with Crippen molar-refractivity contribution in [2.75, 3.05) is 27.3 Å². The highest BCUT2D eigenvalue weighted by molar-refractivity contribution is 5.77. The Kier molecular flexibility index (Phi) is 4.18. The maximum Gasteiger partial charge on any atom is 0.222 e. The van der Waals surface area contributed by atoms with E-state index in [1.165, 1.54) is 0 Å². The Balaban J connectivity index is 2.20. The van der Waals surface area contributed by atoms with Gasteiger partial charge in [-0.1, -0.05) is 0 Å². The first kappa shape index (κ1) is 10.5. The number of carbonyl (C=O) groups excluding carboxylic acids is 1. The van der Waals surface area contributed by atoms with Crippen LogP contribution in [0, 0.1) is 0 Å². The van der Waals surface area contributed by atoms with Crippen molar-refractivity contribution in [1.29, 1.82) is 0 Å². The smallest absolute Gasteiger partial charge is 0.222 e. The molecular weight excluding hydrogens is 170 g/mol. The minimum atomic E-state index is -0.187. The molecule has 1 amide bonds. The first-order chi connectivity index (χ1) is 6.27. The van der Waals surface area contributed by atoms with Crippen molar-refractivity contribution in [1.82, 2.24) is 4.90 Å². The monoisotopic (exact) mass is 187 g/mol. The molecule has 0 saturated carbocycles. The van der Waals surface area contributed by atoms with Gasteiger partial charge in [0.05, 0.1) is 0 Å². The average molecular weight is 187 g/mol. The van der Waals surface area contributed by atoms with Crippen LogP contribution in [0.5, 0.6) is 0 Å². The van der Waals surface area contributed by atoms with E-state index in [0.29, 0.717) is 6.42 Å². The Morgan fingerprint density at radius 1 is 1.46 bits per heavy atom. The number of amides is 1. The molecule has 0 aromatic rings. The summed E-state index contributed by atoms with van der Waals surface area (Å²) >= 11 is 0. The number of carbonyl (C=O) groups is 1. The topological polar surface area (TPSA) is 38.8 Å². The van der Waals surface area contributed by atoms with E-state index in [1.54, 1.807) is 14.2 Å². The highest BCUT2D eigenvalue weighted by Gasteiger charge is 2.20. The Bertz CT molecular complexity index is 168. The number of rotatable bonds is 5. The fraction of sp³-hybridized carbons (Fsp3) is 0.889. The summed E-state index contributed by atoms with van der Waals surface area (Å²) in [6.45, 7) is 1.63. The number of hydrogen-bond donors (Lipinski definition) is 0. The van der Waals surface area contributed by atoms with Gasteiger partial charge in [-0.05, 0) is 6.42 Å². The molecule has 0 N–H and O–H groups in total. The molecule has 0 bridgehead atoms. The Morgan fingerprint density at radius 3 is 2.62 bits per heavy atom. The van der Waals surface area contributed by atoms with Gasteiger partial charge in [-0.2, -0.15) is 0 Å². The van der Waals surface area contributed by atoms with Crippen molar-refractivity contribution in [3.8, 4) is 0 Å². The van der Waals surface area contributed by atoms with E-state index >= 15 is 0 Å². The van der Waals surface area contributed by atoms with Crippen LogP contribution in [0.2, 0.25) is 0 Å². The van der Waals surface area contributed by atoms with Gasteiger partial charge in [0.2, 0.25) is 5.91 Å². The molecule has 4 nitrogen and oxygen atoms in total. The van der Waals surface area contributed by atoms with Crippen LogP contribution in [-0.4, -0.2) is 44.4 Å². The van der Waals surface area contributed by atoms with Gasteiger partial charge in [0.1, 0.15) is 0 Å². The molecule has 4 heteroatoms. The maximum atomic E-state index is 11.2. The first-order valence-corrected chi connectivity index (χ1v) is 4.61. The summed E-state index contributed by atoms with van der Waals surface area (Å²) < 4.78 is 10.1. The zero-order valence-corrected chi connectivity index (χ0v) is 8.28. The van der Waals surface area contributed by atoms with Crippen LogP contribution in [-0.2, 0) is 14.3 Å². The van der Waals surface area contributed by atoms with Gasteiger partial charge in [0, 0.05) is 40.2 Å².